The Bertz CT molecular complexity index is 804. The lowest BCUT2D eigenvalue weighted by atomic mass is 10.2. The number of nitrogens with one attached hydrogen (secondary N) is 1. The molecule has 0 bridgehead atoms. The molecule has 0 aliphatic carbocycles. The van der Waals surface area contributed by atoms with Gasteiger partial charge in [-0.1, -0.05) is 6.07 Å². The molecule has 0 spiro atoms. The Balaban J connectivity index is 1.95. The number of hydrogen-bond acceptors (Lipinski definition) is 7. The van der Waals surface area contributed by atoms with Crippen LogP contribution in [0.5, 0.6) is 0 Å². The number of sulfonamides is 1. The van der Waals surface area contributed by atoms with Gasteiger partial charge in [0.1, 0.15) is 5.82 Å². The molecule has 9 heteroatoms. The van der Waals surface area contributed by atoms with Crippen LogP contribution in [0.4, 0.5) is 5.82 Å². The van der Waals surface area contributed by atoms with Crippen molar-refractivity contribution in [1.82, 2.24) is 14.3 Å². The fraction of sp³-hybridized carbons (Fsp3) is 0.0833. The minimum atomic E-state index is -3.90. The normalized spacial score (nSPS) is 15.9. The van der Waals surface area contributed by atoms with E-state index in [-0.39, 0.29) is 17.1 Å². The summed E-state index contributed by atoms with van der Waals surface area (Å²) in [6, 6.07) is 6.20. The molecule has 0 fully saturated rings. The van der Waals surface area contributed by atoms with Gasteiger partial charge >= 0.3 is 0 Å². The topological polar surface area (TPSA) is 118 Å². The molecule has 1 aliphatic heterocycles. The molecule has 3 heterocycles. The van der Waals surface area contributed by atoms with E-state index in [1.165, 1.54) is 24.5 Å². The number of hydrazine groups is 1. The van der Waals surface area contributed by atoms with Crippen LogP contribution in [0.25, 0.3) is 0 Å². The third-order valence-corrected chi connectivity index (χ3v) is 4.75. The van der Waals surface area contributed by atoms with Gasteiger partial charge in [0.05, 0.1) is 12.1 Å². The summed E-state index contributed by atoms with van der Waals surface area (Å²) < 4.78 is 25.4. The highest BCUT2D eigenvalue weighted by molar-refractivity contribution is 7.90. The lowest BCUT2D eigenvalue weighted by Crippen LogP contribution is -2.29. The van der Waals surface area contributed by atoms with Crippen molar-refractivity contribution in [2.24, 2.45) is 5.84 Å². The number of amides is 1. The maximum Gasteiger partial charge on any atom is 0.285 e. The molecular formula is C12H11N5O3S. The lowest BCUT2D eigenvalue weighted by Gasteiger charge is -2.14. The fourth-order valence-corrected chi connectivity index (χ4v) is 3.50. The first-order valence-electron chi connectivity index (χ1n) is 5.97. The van der Waals surface area contributed by atoms with Crippen LogP contribution in [-0.4, -0.2) is 28.6 Å². The first-order chi connectivity index (χ1) is 10.0. The second-order valence-corrected chi connectivity index (χ2v) is 6.15. The van der Waals surface area contributed by atoms with Gasteiger partial charge in [-0.05, 0) is 23.8 Å². The van der Waals surface area contributed by atoms with Crippen LogP contribution in [0.1, 0.15) is 15.9 Å². The molecule has 21 heavy (non-hydrogen) atoms. The first-order valence-corrected chi connectivity index (χ1v) is 7.41. The Morgan fingerprint density at radius 1 is 1.24 bits per heavy atom. The number of carbonyl (C=O) groups excluding carboxylic acids is 1. The molecule has 3 rings (SSSR count). The number of pyridine rings is 2. The molecule has 0 aromatic carbocycles. The van der Waals surface area contributed by atoms with Crippen molar-refractivity contribution in [2.45, 2.75) is 11.6 Å². The minimum Gasteiger partial charge on any atom is -0.308 e. The number of hydrogen-bond donors (Lipinski definition) is 2. The van der Waals surface area contributed by atoms with Crippen LogP contribution in [0, 0.1) is 0 Å². The van der Waals surface area contributed by atoms with Gasteiger partial charge in [-0.15, -0.1) is 0 Å². The van der Waals surface area contributed by atoms with Gasteiger partial charge in [0.15, 0.2) is 5.03 Å². The molecule has 0 radical (unpaired) electrons. The van der Waals surface area contributed by atoms with E-state index in [1.54, 1.807) is 12.1 Å². The molecule has 108 valence electrons. The molecule has 2 aromatic heterocycles. The number of fused-ring (bicyclic) bond motifs is 1. The van der Waals surface area contributed by atoms with Crippen LogP contribution >= 0.6 is 0 Å². The van der Waals surface area contributed by atoms with Gasteiger partial charge in [0, 0.05) is 12.4 Å². The van der Waals surface area contributed by atoms with E-state index in [0.717, 1.165) is 4.31 Å². The van der Waals surface area contributed by atoms with Crippen molar-refractivity contribution in [3.8, 4) is 0 Å². The number of aromatic nitrogens is 2. The van der Waals surface area contributed by atoms with E-state index < -0.39 is 15.9 Å². The number of nitrogens with zero attached hydrogens (tertiary/aromatic N) is 3. The number of carbonyl (C=O) groups is 1. The largest absolute Gasteiger partial charge is 0.308 e. The third kappa shape index (κ3) is 2.12. The summed E-state index contributed by atoms with van der Waals surface area (Å²) in [5.74, 6) is 5.06. The van der Waals surface area contributed by atoms with Crippen LogP contribution in [-0.2, 0) is 16.6 Å². The van der Waals surface area contributed by atoms with E-state index in [9.17, 15) is 13.2 Å². The van der Waals surface area contributed by atoms with Gasteiger partial charge in [-0.25, -0.2) is 20.1 Å². The second kappa shape index (κ2) is 4.79. The number of rotatable bonds is 3. The molecule has 3 N–H and O–H groups in total. The van der Waals surface area contributed by atoms with Crippen LogP contribution < -0.4 is 11.3 Å². The molecular weight excluding hydrogens is 294 g/mol. The molecule has 0 atom stereocenters. The summed E-state index contributed by atoms with van der Waals surface area (Å²) in [5, 5.41) is -0.205. The summed E-state index contributed by atoms with van der Waals surface area (Å²) in [7, 11) is -3.90. The first kappa shape index (κ1) is 13.5. The Morgan fingerprint density at radius 3 is 2.67 bits per heavy atom. The van der Waals surface area contributed by atoms with E-state index in [1.807, 2.05) is 0 Å². The van der Waals surface area contributed by atoms with Crippen LogP contribution in [0.3, 0.4) is 0 Å². The summed E-state index contributed by atoms with van der Waals surface area (Å²) in [5.41, 5.74) is 3.02. The Kier molecular flexibility index (Phi) is 3.07. The molecule has 1 aliphatic rings. The molecule has 0 saturated carbocycles. The lowest BCUT2D eigenvalue weighted by molar-refractivity contribution is 0.0864. The Hall–Kier alpha value is -2.52. The standard InChI is InChI=1S/C12H11N5O3S/c13-16-10-4-3-8(6-15-10)7-17-12(18)9-2-1-5-14-11(9)21(17,19)20/h1-6H,7,13H2,(H,15,16). The molecule has 0 unspecified atom stereocenters. The van der Waals surface area contributed by atoms with Crippen molar-refractivity contribution in [3.05, 3.63) is 47.8 Å². The smallest absolute Gasteiger partial charge is 0.285 e. The van der Waals surface area contributed by atoms with Gasteiger partial charge in [-0.3, -0.25) is 4.79 Å². The molecule has 0 saturated heterocycles. The number of anilines is 1. The van der Waals surface area contributed by atoms with Crippen molar-refractivity contribution in [3.63, 3.8) is 0 Å². The molecule has 8 nitrogen and oxygen atoms in total. The monoisotopic (exact) mass is 305 g/mol. The van der Waals surface area contributed by atoms with Gasteiger partial charge in [-0.2, -0.15) is 8.42 Å². The predicted octanol–water partition coefficient (Wildman–Crippen LogP) is 0.107. The minimum absolute atomic E-state index is 0.0886. The average Bonchev–Trinajstić information content (AvgIpc) is 2.70. The summed E-state index contributed by atoms with van der Waals surface area (Å²) in [4.78, 5) is 20.0. The summed E-state index contributed by atoms with van der Waals surface area (Å²) >= 11 is 0. The average molecular weight is 305 g/mol. The quantitative estimate of drug-likeness (QED) is 0.610. The zero-order valence-electron chi connectivity index (χ0n) is 10.7. The Morgan fingerprint density at radius 2 is 2.05 bits per heavy atom. The van der Waals surface area contributed by atoms with E-state index in [2.05, 4.69) is 15.4 Å². The van der Waals surface area contributed by atoms with Crippen molar-refractivity contribution >= 4 is 21.7 Å². The van der Waals surface area contributed by atoms with Crippen LogP contribution in [0.15, 0.2) is 41.7 Å². The van der Waals surface area contributed by atoms with Crippen molar-refractivity contribution in [2.75, 3.05) is 5.43 Å². The highest BCUT2D eigenvalue weighted by Crippen LogP contribution is 2.29. The van der Waals surface area contributed by atoms with E-state index in [0.29, 0.717) is 11.4 Å². The van der Waals surface area contributed by atoms with E-state index in [4.69, 9.17) is 5.84 Å². The molecule has 1 amide bonds. The number of nitrogen functional groups attached to an aromatic ring is 1. The fourth-order valence-electron chi connectivity index (χ4n) is 2.03. The molecule has 2 aromatic rings. The van der Waals surface area contributed by atoms with Gasteiger partial charge in [0.25, 0.3) is 15.9 Å². The second-order valence-electron chi connectivity index (χ2n) is 4.37. The highest BCUT2D eigenvalue weighted by Gasteiger charge is 2.42. The summed E-state index contributed by atoms with van der Waals surface area (Å²) in [6.45, 7) is -0.102. The third-order valence-electron chi connectivity index (χ3n) is 3.06. The predicted molar refractivity (Wildman–Crippen MR) is 73.3 cm³/mol. The number of nitrogens with two attached hydrogens (primary N) is 1. The maximum atomic E-state index is 12.3. The van der Waals surface area contributed by atoms with Crippen molar-refractivity contribution < 1.29 is 13.2 Å². The van der Waals surface area contributed by atoms with Gasteiger partial charge < -0.3 is 5.43 Å². The Labute approximate surface area is 120 Å². The van der Waals surface area contributed by atoms with Crippen LogP contribution in [0.2, 0.25) is 0 Å². The summed E-state index contributed by atoms with van der Waals surface area (Å²) in [6.07, 6.45) is 2.80. The SMILES string of the molecule is NNc1ccc(CN2C(=O)c3cccnc3S2(=O)=O)cn1. The maximum absolute atomic E-state index is 12.3. The van der Waals surface area contributed by atoms with Crippen molar-refractivity contribution in [1.29, 1.82) is 0 Å². The zero-order chi connectivity index (χ0) is 15.0. The zero-order valence-corrected chi connectivity index (χ0v) is 11.5. The van der Waals surface area contributed by atoms with E-state index >= 15 is 0 Å². The van der Waals surface area contributed by atoms with Gasteiger partial charge in [0.2, 0.25) is 0 Å². The highest BCUT2D eigenvalue weighted by atomic mass is 32.2.